The molecular weight excluding hydrogens is 255 g/mol. The molecule has 0 aromatic heterocycles. The van der Waals surface area contributed by atoms with Crippen LogP contribution in [0.2, 0.25) is 0 Å². The van der Waals surface area contributed by atoms with Crippen molar-refractivity contribution in [2.45, 2.75) is 19.9 Å². The zero-order valence-corrected chi connectivity index (χ0v) is 10.5. The highest BCUT2D eigenvalue weighted by Crippen LogP contribution is 2.21. The van der Waals surface area contributed by atoms with Crippen LogP contribution in [0, 0.1) is 15.9 Å². The zero-order chi connectivity index (χ0) is 14.4. The van der Waals surface area contributed by atoms with Crippen LogP contribution >= 0.6 is 0 Å². The maximum absolute atomic E-state index is 13.8. The van der Waals surface area contributed by atoms with Crippen molar-refractivity contribution < 1.29 is 19.2 Å². The van der Waals surface area contributed by atoms with E-state index >= 15 is 0 Å². The van der Waals surface area contributed by atoms with Crippen molar-refractivity contribution in [1.29, 1.82) is 0 Å². The summed E-state index contributed by atoms with van der Waals surface area (Å²) in [5.74, 6) is -1.92. The lowest BCUT2D eigenvalue weighted by Crippen LogP contribution is -2.30. The first-order chi connectivity index (χ1) is 8.95. The fourth-order valence-corrected chi connectivity index (χ4v) is 1.79. The van der Waals surface area contributed by atoms with E-state index in [9.17, 15) is 19.3 Å². The average molecular weight is 270 g/mol. The standard InChI is InChI=1S/C12H15FN2O4/c1-2-6-14(8-11(16)17)7-9-4-3-5-10(12(9)13)15(18)19/h3-5H,2,6-8H2,1H3,(H,16,17). The second-order valence-electron chi connectivity index (χ2n) is 4.11. The van der Waals surface area contributed by atoms with E-state index in [0.29, 0.717) is 13.0 Å². The number of rotatable bonds is 7. The second kappa shape index (κ2) is 6.79. The molecule has 104 valence electrons. The monoisotopic (exact) mass is 270 g/mol. The van der Waals surface area contributed by atoms with Crippen molar-refractivity contribution in [3.8, 4) is 0 Å². The number of hydrogen-bond donors (Lipinski definition) is 1. The normalized spacial score (nSPS) is 10.7. The van der Waals surface area contributed by atoms with E-state index in [-0.39, 0.29) is 18.7 Å². The Kier molecular flexibility index (Phi) is 5.37. The molecule has 0 bridgehead atoms. The molecule has 0 heterocycles. The molecule has 0 amide bonds. The van der Waals surface area contributed by atoms with Crippen LogP contribution in [0.25, 0.3) is 0 Å². The van der Waals surface area contributed by atoms with Gasteiger partial charge in [0, 0.05) is 18.2 Å². The third-order valence-corrected chi connectivity index (χ3v) is 2.55. The van der Waals surface area contributed by atoms with Gasteiger partial charge in [-0.25, -0.2) is 0 Å². The Morgan fingerprint density at radius 1 is 1.53 bits per heavy atom. The van der Waals surface area contributed by atoms with Crippen molar-refractivity contribution >= 4 is 11.7 Å². The van der Waals surface area contributed by atoms with E-state index in [1.54, 1.807) is 0 Å². The van der Waals surface area contributed by atoms with Crippen molar-refractivity contribution in [3.05, 3.63) is 39.7 Å². The number of aliphatic carboxylic acids is 1. The van der Waals surface area contributed by atoms with Gasteiger partial charge in [0.2, 0.25) is 5.82 Å². The number of hydrogen-bond acceptors (Lipinski definition) is 4. The van der Waals surface area contributed by atoms with Crippen LogP contribution in [0.5, 0.6) is 0 Å². The van der Waals surface area contributed by atoms with E-state index in [4.69, 9.17) is 5.11 Å². The van der Waals surface area contributed by atoms with Gasteiger partial charge in [-0.05, 0) is 13.0 Å². The van der Waals surface area contributed by atoms with E-state index in [1.807, 2.05) is 6.92 Å². The van der Waals surface area contributed by atoms with Crippen LogP contribution in [0.4, 0.5) is 10.1 Å². The van der Waals surface area contributed by atoms with Gasteiger partial charge >= 0.3 is 11.7 Å². The van der Waals surface area contributed by atoms with Gasteiger partial charge in [0.1, 0.15) is 0 Å². The van der Waals surface area contributed by atoms with Crippen LogP contribution in [0.1, 0.15) is 18.9 Å². The van der Waals surface area contributed by atoms with Crippen LogP contribution in [-0.4, -0.2) is 34.0 Å². The first kappa shape index (κ1) is 15.0. The van der Waals surface area contributed by atoms with E-state index in [1.165, 1.54) is 17.0 Å². The van der Waals surface area contributed by atoms with Crippen molar-refractivity contribution in [2.75, 3.05) is 13.1 Å². The number of nitrogens with zero attached hydrogens (tertiary/aromatic N) is 2. The summed E-state index contributed by atoms with van der Waals surface area (Å²) >= 11 is 0. The van der Waals surface area contributed by atoms with Crippen molar-refractivity contribution in [3.63, 3.8) is 0 Å². The Bertz CT molecular complexity index is 479. The highest BCUT2D eigenvalue weighted by Gasteiger charge is 2.19. The summed E-state index contributed by atoms with van der Waals surface area (Å²) in [4.78, 5) is 22.1. The first-order valence-corrected chi connectivity index (χ1v) is 5.81. The molecule has 0 aliphatic rings. The molecule has 7 heteroatoms. The Morgan fingerprint density at radius 2 is 2.21 bits per heavy atom. The molecule has 1 rings (SSSR count). The van der Waals surface area contributed by atoms with Gasteiger partial charge in [-0.15, -0.1) is 0 Å². The highest BCUT2D eigenvalue weighted by atomic mass is 19.1. The lowest BCUT2D eigenvalue weighted by molar-refractivity contribution is -0.387. The fourth-order valence-electron chi connectivity index (χ4n) is 1.79. The van der Waals surface area contributed by atoms with E-state index < -0.39 is 22.4 Å². The molecule has 0 spiro atoms. The molecule has 6 nitrogen and oxygen atoms in total. The summed E-state index contributed by atoms with van der Waals surface area (Å²) in [5, 5.41) is 19.4. The predicted molar refractivity (Wildman–Crippen MR) is 66.3 cm³/mol. The maximum Gasteiger partial charge on any atom is 0.317 e. The lowest BCUT2D eigenvalue weighted by atomic mass is 10.1. The number of halogens is 1. The van der Waals surface area contributed by atoms with Crippen LogP contribution < -0.4 is 0 Å². The molecule has 1 N–H and O–H groups in total. The number of benzene rings is 1. The maximum atomic E-state index is 13.8. The van der Waals surface area contributed by atoms with Gasteiger partial charge in [-0.1, -0.05) is 19.1 Å². The average Bonchev–Trinajstić information content (AvgIpc) is 2.31. The Hall–Kier alpha value is -2.02. The second-order valence-corrected chi connectivity index (χ2v) is 4.11. The quantitative estimate of drug-likeness (QED) is 0.605. The Balaban J connectivity index is 2.93. The highest BCUT2D eigenvalue weighted by molar-refractivity contribution is 5.69. The first-order valence-electron chi connectivity index (χ1n) is 5.81. The molecule has 0 aliphatic heterocycles. The van der Waals surface area contributed by atoms with E-state index in [2.05, 4.69) is 0 Å². The molecule has 0 aliphatic carbocycles. The largest absolute Gasteiger partial charge is 0.480 e. The SMILES string of the molecule is CCCN(CC(=O)O)Cc1cccc([N+](=O)[O-])c1F. The predicted octanol–water partition coefficient (Wildman–Crippen LogP) is 2.03. The zero-order valence-electron chi connectivity index (χ0n) is 10.5. The van der Waals surface area contributed by atoms with E-state index in [0.717, 1.165) is 6.07 Å². The molecule has 1 aromatic rings. The summed E-state index contributed by atoms with van der Waals surface area (Å²) in [5.41, 5.74) is -0.465. The molecule has 0 radical (unpaired) electrons. The van der Waals surface area contributed by atoms with Crippen LogP contribution in [0.15, 0.2) is 18.2 Å². The van der Waals surface area contributed by atoms with Crippen LogP contribution in [0.3, 0.4) is 0 Å². The topological polar surface area (TPSA) is 83.7 Å². The summed E-state index contributed by atoms with van der Waals surface area (Å²) in [6.45, 7) is 2.16. The molecule has 0 atom stereocenters. The molecule has 0 unspecified atom stereocenters. The summed E-state index contributed by atoms with van der Waals surface area (Å²) in [6.07, 6.45) is 0.712. The van der Waals surface area contributed by atoms with Crippen molar-refractivity contribution in [2.24, 2.45) is 0 Å². The number of nitro groups is 1. The Morgan fingerprint density at radius 3 is 2.74 bits per heavy atom. The van der Waals surface area contributed by atoms with Gasteiger partial charge in [0.05, 0.1) is 11.5 Å². The molecule has 1 aromatic carbocycles. The van der Waals surface area contributed by atoms with Gasteiger partial charge in [-0.2, -0.15) is 4.39 Å². The van der Waals surface area contributed by atoms with Gasteiger partial charge in [0.25, 0.3) is 0 Å². The third kappa shape index (κ3) is 4.29. The minimum atomic E-state index is -1.01. The molecular formula is C12H15FN2O4. The van der Waals surface area contributed by atoms with Gasteiger partial charge in [-0.3, -0.25) is 19.8 Å². The molecule has 0 fully saturated rings. The molecule has 19 heavy (non-hydrogen) atoms. The van der Waals surface area contributed by atoms with Crippen molar-refractivity contribution in [1.82, 2.24) is 4.90 Å². The molecule has 0 saturated carbocycles. The van der Waals surface area contributed by atoms with Gasteiger partial charge < -0.3 is 5.11 Å². The number of carboxylic acid groups (broad SMARTS) is 1. The lowest BCUT2D eigenvalue weighted by Gasteiger charge is -2.19. The van der Waals surface area contributed by atoms with Gasteiger partial charge in [0.15, 0.2) is 0 Å². The Labute approximate surface area is 109 Å². The number of carbonyl (C=O) groups is 1. The minimum Gasteiger partial charge on any atom is -0.480 e. The summed E-state index contributed by atoms with van der Waals surface area (Å²) in [6, 6.07) is 3.90. The third-order valence-electron chi connectivity index (χ3n) is 2.55. The summed E-state index contributed by atoms with van der Waals surface area (Å²) in [7, 11) is 0. The number of carboxylic acids is 1. The summed E-state index contributed by atoms with van der Waals surface area (Å²) < 4.78 is 13.8. The smallest absolute Gasteiger partial charge is 0.317 e. The number of nitro benzene ring substituents is 1. The fraction of sp³-hybridized carbons (Fsp3) is 0.417. The van der Waals surface area contributed by atoms with Crippen LogP contribution in [-0.2, 0) is 11.3 Å². The minimum absolute atomic E-state index is 0.0354. The molecule has 0 saturated heterocycles.